The summed E-state index contributed by atoms with van der Waals surface area (Å²) >= 11 is 0. The van der Waals surface area contributed by atoms with Crippen molar-refractivity contribution in [1.82, 2.24) is 59.8 Å². The van der Waals surface area contributed by atoms with E-state index in [2.05, 4.69) is 59.8 Å². The van der Waals surface area contributed by atoms with Crippen LogP contribution in [0.3, 0.4) is 0 Å². The molecular formula is C54H48N12. The fourth-order valence-electron chi connectivity index (χ4n) is 6.52. The van der Waals surface area contributed by atoms with E-state index < -0.39 is 0 Å². The van der Waals surface area contributed by atoms with Crippen molar-refractivity contribution >= 4 is 66.2 Å². The molecule has 12 nitrogen and oxygen atoms in total. The summed E-state index contributed by atoms with van der Waals surface area (Å²) in [6.07, 6.45) is 17.2. The predicted molar refractivity (Wildman–Crippen MR) is 266 cm³/mol. The number of hydrogen-bond donors (Lipinski definition) is 0. The molecule has 6 aromatic heterocycles. The van der Waals surface area contributed by atoms with Gasteiger partial charge in [-0.2, -0.15) is 0 Å². The van der Waals surface area contributed by atoms with Gasteiger partial charge in [-0.25, -0.2) is 9.97 Å². The zero-order valence-corrected chi connectivity index (χ0v) is 37.7. The third-order valence-electron chi connectivity index (χ3n) is 9.79. The van der Waals surface area contributed by atoms with Crippen LogP contribution in [0.2, 0.25) is 0 Å². The summed E-state index contributed by atoms with van der Waals surface area (Å²) in [6, 6.07) is 39.8. The normalized spacial score (nSPS) is 10.3. The van der Waals surface area contributed by atoms with Crippen molar-refractivity contribution in [2.75, 3.05) is 0 Å². The highest BCUT2D eigenvalue weighted by atomic mass is 14.8. The molecule has 0 fully saturated rings. The van der Waals surface area contributed by atoms with E-state index in [9.17, 15) is 0 Å². The SMILES string of the molecule is Cc1ccc2nccnc2c1.Cc1ccc2nccnc2c1.Cc1cccc2nccnc12.Cc1cccc2nccnc12.Cc1cnc2ccccc2n1.Cc1cnc2ccccc2n1. The first kappa shape index (κ1) is 45.4. The maximum atomic E-state index is 4.31. The number of aromatic nitrogens is 12. The molecule has 324 valence electrons. The first-order chi connectivity index (χ1) is 32.2. The molecule has 0 aliphatic heterocycles. The maximum absolute atomic E-state index is 4.31. The summed E-state index contributed by atoms with van der Waals surface area (Å²) in [6.45, 7) is 12.1. The highest BCUT2D eigenvalue weighted by molar-refractivity contribution is 5.78. The van der Waals surface area contributed by atoms with Crippen molar-refractivity contribution < 1.29 is 0 Å². The van der Waals surface area contributed by atoms with Gasteiger partial charge in [0.2, 0.25) is 0 Å². The van der Waals surface area contributed by atoms with Crippen LogP contribution in [0.25, 0.3) is 66.2 Å². The van der Waals surface area contributed by atoms with Crippen LogP contribution >= 0.6 is 0 Å². The molecule has 12 rings (SSSR count). The van der Waals surface area contributed by atoms with Crippen molar-refractivity contribution in [1.29, 1.82) is 0 Å². The second kappa shape index (κ2) is 22.6. The van der Waals surface area contributed by atoms with Gasteiger partial charge in [0.25, 0.3) is 0 Å². The van der Waals surface area contributed by atoms with Crippen LogP contribution in [0, 0.1) is 41.5 Å². The molecule has 66 heavy (non-hydrogen) atoms. The minimum absolute atomic E-state index is 0.957. The van der Waals surface area contributed by atoms with Gasteiger partial charge in [-0.15, -0.1) is 0 Å². The zero-order valence-electron chi connectivity index (χ0n) is 37.7. The molecule has 0 aliphatic carbocycles. The Kier molecular flexibility index (Phi) is 15.6. The van der Waals surface area contributed by atoms with E-state index in [1.807, 2.05) is 163 Å². The van der Waals surface area contributed by atoms with Crippen LogP contribution in [-0.2, 0) is 0 Å². The first-order valence-corrected chi connectivity index (χ1v) is 21.2. The van der Waals surface area contributed by atoms with Gasteiger partial charge >= 0.3 is 0 Å². The van der Waals surface area contributed by atoms with Gasteiger partial charge in [-0.05, 0) is 124 Å². The molecule has 6 heterocycles. The molecule has 12 heteroatoms. The number of fused-ring (bicyclic) bond motifs is 6. The molecule has 0 saturated heterocycles. The highest BCUT2D eigenvalue weighted by Gasteiger charge is 1.98. The Hall–Kier alpha value is -8.64. The highest BCUT2D eigenvalue weighted by Crippen LogP contribution is 2.14. The lowest BCUT2D eigenvalue weighted by atomic mass is 10.2. The van der Waals surface area contributed by atoms with Crippen molar-refractivity contribution in [2.24, 2.45) is 0 Å². The number of aryl methyl sites for hydroxylation is 6. The van der Waals surface area contributed by atoms with Crippen LogP contribution in [0.15, 0.2) is 183 Å². The molecule has 0 N–H and O–H groups in total. The standard InChI is InChI=1S/6C9H8N2/c2*1-7-2-3-8-9(6-7)11-5-4-10-8;2*1-7-3-2-4-8-9(7)11-6-5-10-8;2*1-7-6-10-8-4-2-3-5-9(8)11-7/h6*2-6H,1H3. The number of rotatable bonds is 0. The molecule has 0 bridgehead atoms. The van der Waals surface area contributed by atoms with E-state index >= 15 is 0 Å². The molecule has 0 spiro atoms. The average Bonchev–Trinajstić information content (AvgIpc) is 3.35. The third-order valence-corrected chi connectivity index (χ3v) is 9.79. The number of para-hydroxylation sites is 6. The Morgan fingerprint density at radius 3 is 0.970 bits per heavy atom. The van der Waals surface area contributed by atoms with E-state index in [1.165, 1.54) is 22.3 Å². The van der Waals surface area contributed by atoms with Gasteiger partial charge in [-0.3, -0.25) is 49.8 Å². The van der Waals surface area contributed by atoms with E-state index in [0.29, 0.717) is 0 Å². The Balaban J connectivity index is 0.000000118. The van der Waals surface area contributed by atoms with E-state index in [-0.39, 0.29) is 0 Å². The third kappa shape index (κ3) is 12.7. The topological polar surface area (TPSA) is 155 Å². The van der Waals surface area contributed by atoms with Crippen LogP contribution in [0.1, 0.15) is 33.6 Å². The molecular weight excluding hydrogens is 817 g/mol. The first-order valence-electron chi connectivity index (χ1n) is 21.2. The molecule has 0 atom stereocenters. The Bertz CT molecular complexity index is 3080. The van der Waals surface area contributed by atoms with Gasteiger partial charge in [-0.1, -0.05) is 60.7 Å². The quantitative estimate of drug-likeness (QED) is 0.142. The monoisotopic (exact) mass is 864 g/mol. The van der Waals surface area contributed by atoms with Crippen LogP contribution in [0.4, 0.5) is 0 Å². The summed E-state index contributed by atoms with van der Waals surface area (Å²) in [5, 5.41) is 0. The fraction of sp³-hybridized carbons (Fsp3) is 0.111. The minimum atomic E-state index is 0.957. The number of nitrogens with zero attached hydrogens (tertiary/aromatic N) is 12. The van der Waals surface area contributed by atoms with Crippen molar-refractivity contribution in [2.45, 2.75) is 41.5 Å². The summed E-state index contributed by atoms with van der Waals surface area (Å²) in [4.78, 5) is 50.5. The van der Waals surface area contributed by atoms with Gasteiger partial charge < -0.3 is 0 Å². The molecule has 0 unspecified atom stereocenters. The van der Waals surface area contributed by atoms with Crippen molar-refractivity contribution in [3.8, 4) is 0 Å². The van der Waals surface area contributed by atoms with Gasteiger partial charge in [0.1, 0.15) is 0 Å². The second-order valence-electron chi connectivity index (χ2n) is 15.1. The minimum Gasteiger partial charge on any atom is -0.253 e. The molecule has 0 radical (unpaired) electrons. The number of hydrogen-bond acceptors (Lipinski definition) is 12. The summed E-state index contributed by atoms with van der Waals surface area (Å²) in [5.41, 5.74) is 18.3. The molecule has 0 amide bonds. The lowest BCUT2D eigenvalue weighted by Crippen LogP contribution is -1.85. The molecule has 0 aliphatic rings. The lowest BCUT2D eigenvalue weighted by molar-refractivity contribution is 1.18. The number of benzene rings is 6. The Morgan fingerprint density at radius 1 is 0.258 bits per heavy atom. The van der Waals surface area contributed by atoms with E-state index in [0.717, 1.165) is 77.6 Å². The smallest absolute Gasteiger partial charge is 0.0915 e. The van der Waals surface area contributed by atoms with Gasteiger partial charge in [0.05, 0.1) is 77.6 Å². The van der Waals surface area contributed by atoms with E-state index in [1.54, 1.807) is 62.0 Å². The average molecular weight is 865 g/mol. The van der Waals surface area contributed by atoms with E-state index in [4.69, 9.17) is 0 Å². The second-order valence-corrected chi connectivity index (χ2v) is 15.1. The largest absolute Gasteiger partial charge is 0.253 e. The van der Waals surface area contributed by atoms with Gasteiger partial charge in [0.15, 0.2) is 0 Å². The van der Waals surface area contributed by atoms with Crippen LogP contribution < -0.4 is 0 Å². The van der Waals surface area contributed by atoms with Crippen molar-refractivity contribution in [3.63, 3.8) is 0 Å². The maximum Gasteiger partial charge on any atom is 0.0915 e. The predicted octanol–water partition coefficient (Wildman–Crippen LogP) is 11.6. The lowest BCUT2D eigenvalue weighted by Gasteiger charge is -1.96. The summed E-state index contributed by atoms with van der Waals surface area (Å²) in [5.74, 6) is 0. The summed E-state index contributed by atoms with van der Waals surface area (Å²) in [7, 11) is 0. The van der Waals surface area contributed by atoms with Crippen molar-refractivity contribution in [3.05, 3.63) is 217 Å². The molecule has 6 aromatic carbocycles. The van der Waals surface area contributed by atoms with Crippen LogP contribution in [-0.4, -0.2) is 59.8 Å². The Labute approximate surface area is 383 Å². The molecule has 0 saturated carbocycles. The Morgan fingerprint density at radius 2 is 0.576 bits per heavy atom. The molecule has 12 aromatic rings. The zero-order chi connectivity index (χ0) is 46.1. The fourth-order valence-corrected chi connectivity index (χ4v) is 6.52. The van der Waals surface area contributed by atoms with Crippen LogP contribution in [0.5, 0.6) is 0 Å². The summed E-state index contributed by atoms with van der Waals surface area (Å²) < 4.78 is 0. The van der Waals surface area contributed by atoms with Gasteiger partial charge in [0, 0.05) is 62.0 Å².